The van der Waals surface area contributed by atoms with Crippen LogP contribution < -0.4 is 10.1 Å². The van der Waals surface area contributed by atoms with E-state index in [0.29, 0.717) is 10.6 Å². The van der Waals surface area contributed by atoms with Crippen LogP contribution in [0.4, 0.5) is 5.69 Å². The number of carbonyl (C=O) groups is 2. The molecule has 3 aromatic carbocycles. The Morgan fingerprint density at radius 3 is 2.62 bits per heavy atom. The van der Waals surface area contributed by atoms with Gasteiger partial charge in [-0.1, -0.05) is 47.5 Å². The van der Waals surface area contributed by atoms with Crippen molar-refractivity contribution in [1.82, 2.24) is 4.98 Å². The zero-order valence-corrected chi connectivity index (χ0v) is 19.9. The van der Waals surface area contributed by atoms with E-state index in [9.17, 15) is 9.59 Å². The second-order valence-corrected chi connectivity index (χ2v) is 9.33. The molecule has 0 radical (unpaired) electrons. The van der Waals surface area contributed by atoms with Crippen LogP contribution in [0.15, 0.2) is 79.1 Å². The monoisotopic (exact) mass is 506 g/mol. The van der Waals surface area contributed by atoms with Gasteiger partial charge in [0.05, 0.1) is 9.90 Å². The van der Waals surface area contributed by atoms with Crippen molar-refractivity contribution in [2.45, 2.75) is 0 Å². The molecule has 5 nitrogen and oxygen atoms in total. The van der Waals surface area contributed by atoms with Crippen molar-refractivity contribution in [1.29, 1.82) is 0 Å². The van der Waals surface area contributed by atoms with Crippen molar-refractivity contribution in [2.24, 2.45) is 0 Å². The fourth-order valence-corrected chi connectivity index (χ4v) is 5.02. The minimum absolute atomic E-state index is 0.0830. The van der Waals surface area contributed by atoms with Crippen LogP contribution in [-0.4, -0.2) is 23.3 Å². The van der Waals surface area contributed by atoms with E-state index in [1.54, 1.807) is 30.6 Å². The Hall–Kier alpha value is -3.45. The number of amides is 1. The molecule has 1 amide bonds. The maximum atomic E-state index is 13.0. The number of pyridine rings is 1. The molecule has 8 heteroatoms. The first-order chi connectivity index (χ1) is 16.5. The van der Waals surface area contributed by atoms with Crippen molar-refractivity contribution < 1.29 is 14.3 Å². The van der Waals surface area contributed by atoms with E-state index in [0.717, 1.165) is 20.9 Å². The molecule has 168 valence electrons. The summed E-state index contributed by atoms with van der Waals surface area (Å²) in [6.45, 7) is -0.270. The van der Waals surface area contributed by atoms with E-state index in [4.69, 9.17) is 27.9 Å². The highest BCUT2D eigenvalue weighted by atomic mass is 35.5. The molecule has 0 saturated heterocycles. The minimum Gasteiger partial charge on any atom is -0.482 e. The molecule has 1 N–H and O–H groups in total. The third-order valence-electron chi connectivity index (χ3n) is 5.22. The fourth-order valence-electron chi connectivity index (χ4n) is 3.55. The zero-order valence-electron chi connectivity index (χ0n) is 17.5. The second kappa shape index (κ2) is 9.43. The molecule has 0 aliphatic heterocycles. The largest absolute Gasteiger partial charge is 0.482 e. The summed E-state index contributed by atoms with van der Waals surface area (Å²) in [4.78, 5) is 30.1. The topological polar surface area (TPSA) is 68.3 Å². The molecule has 0 saturated carbocycles. The molecular formula is C26H16Cl2N2O3S. The Kier molecular flexibility index (Phi) is 6.20. The molecule has 0 unspecified atom stereocenters. The number of nitrogens with zero attached hydrogens (tertiary/aromatic N) is 1. The number of rotatable bonds is 6. The van der Waals surface area contributed by atoms with Gasteiger partial charge in [0.2, 0.25) is 5.78 Å². The summed E-state index contributed by atoms with van der Waals surface area (Å²) in [6.07, 6.45) is 3.45. The Morgan fingerprint density at radius 2 is 1.76 bits per heavy atom. The number of nitrogens with one attached hydrogen (secondary N) is 1. The quantitative estimate of drug-likeness (QED) is 0.251. The maximum Gasteiger partial charge on any atom is 0.262 e. The van der Waals surface area contributed by atoms with Crippen LogP contribution in [0, 0.1) is 0 Å². The van der Waals surface area contributed by atoms with Crippen molar-refractivity contribution in [3.8, 4) is 5.75 Å². The molecule has 0 aliphatic carbocycles. The molecule has 5 aromatic rings. The number of carbonyl (C=O) groups excluding carboxylic acids is 2. The summed E-state index contributed by atoms with van der Waals surface area (Å²) in [6, 6.07) is 20.1. The van der Waals surface area contributed by atoms with Crippen LogP contribution >= 0.6 is 34.5 Å². The van der Waals surface area contributed by atoms with Gasteiger partial charge in [-0.3, -0.25) is 14.6 Å². The Morgan fingerprint density at radius 1 is 0.912 bits per heavy atom. The van der Waals surface area contributed by atoms with E-state index in [2.05, 4.69) is 10.3 Å². The molecule has 2 aromatic heterocycles. The van der Waals surface area contributed by atoms with Gasteiger partial charge >= 0.3 is 0 Å². The molecule has 0 spiro atoms. The lowest BCUT2D eigenvalue weighted by atomic mass is 10.1. The van der Waals surface area contributed by atoms with Gasteiger partial charge in [0.15, 0.2) is 6.61 Å². The first kappa shape index (κ1) is 22.3. The third-order valence-corrected chi connectivity index (χ3v) is 7.20. The van der Waals surface area contributed by atoms with Crippen molar-refractivity contribution in [3.63, 3.8) is 0 Å². The number of halogens is 2. The average molecular weight is 507 g/mol. The highest BCUT2D eigenvalue weighted by Crippen LogP contribution is 2.37. The van der Waals surface area contributed by atoms with Gasteiger partial charge in [-0.15, -0.1) is 11.3 Å². The number of thiophene rings is 1. The van der Waals surface area contributed by atoms with Crippen LogP contribution in [-0.2, 0) is 4.79 Å². The van der Waals surface area contributed by atoms with Crippen molar-refractivity contribution in [2.75, 3.05) is 11.9 Å². The number of fused-ring (bicyclic) bond motifs is 2. The summed E-state index contributed by atoms with van der Waals surface area (Å²) in [5.74, 6) is -0.353. The molecule has 0 bridgehead atoms. The summed E-state index contributed by atoms with van der Waals surface area (Å²) in [5.41, 5.74) is 0.918. The van der Waals surface area contributed by atoms with Gasteiger partial charge in [0, 0.05) is 33.7 Å². The molecule has 2 heterocycles. The predicted octanol–water partition coefficient (Wildman–Crippen LogP) is 7.00. The highest BCUT2D eigenvalue weighted by Gasteiger charge is 2.20. The summed E-state index contributed by atoms with van der Waals surface area (Å²) >= 11 is 14.2. The van der Waals surface area contributed by atoms with E-state index in [-0.39, 0.29) is 39.7 Å². The van der Waals surface area contributed by atoms with Gasteiger partial charge in [-0.25, -0.2) is 0 Å². The van der Waals surface area contributed by atoms with Gasteiger partial charge in [-0.05, 0) is 53.2 Å². The van der Waals surface area contributed by atoms with E-state index >= 15 is 0 Å². The predicted molar refractivity (Wildman–Crippen MR) is 138 cm³/mol. The van der Waals surface area contributed by atoms with E-state index in [1.165, 1.54) is 11.3 Å². The number of anilines is 1. The first-order valence-electron chi connectivity index (χ1n) is 10.3. The van der Waals surface area contributed by atoms with Gasteiger partial charge in [-0.2, -0.15) is 0 Å². The zero-order chi connectivity index (χ0) is 23.7. The maximum absolute atomic E-state index is 13.0. The molecule has 0 atom stereocenters. The number of hydrogen-bond donors (Lipinski definition) is 1. The van der Waals surface area contributed by atoms with E-state index < -0.39 is 0 Å². The molecule has 0 aliphatic rings. The highest BCUT2D eigenvalue weighted by molar-refractivity contribution is 7.21. The number of ether oxygens (including phenoxy) is 1. The number of ketones is 1. The van der Waals surface area contributed by atoms with Gasteiger partial charge < -0.3 is 10.1 Å². The normalized spacial score (nSPS) is 11.0. The smallest absolute Gasteiger partial charge is 0.262 e. The lowest BCUT2D eigenvalue weighted by molar-refractivity contribution is -0.118. The third kappa shape index (κ3) is 4.48. The van der Waals surface area contributed by atoms with Gasteiger partial charge in [0.1, 0.15) is 10.8 Å². The van der Waals surface area contributed by atoms with Crippen molar-refractivity contribution in [3.05, 3.63) is 99.6 Å². The summed E-state index contributed by atoms with van der Waals surface area (Å²) < 4.78 is 6.60. The number of hydrogen-bond acceptors (Lipinski definition) is 5. The minimum atomic E-state index is -0.356. The number of aromatic nitrogens is 1. The molecule has 5 rings (SSSR count). The van der Waals surface area contributed by atoms with Crippen molar-refractivity contribution >= 4 is 72.8 Å². The fraction of sp³-hybridized carbons (Fsp3) is 0.0385. The Balaban J connectivity index is 1.28. The van der Waals surface area contributed by atoms with Crippen LogP contribution in [0.1, 0.15) is 15.2 Å². The van der Waals surface area contributed by atoms with E-state index in [1.807, 2.05) is 48.5 Å². The SMILES string of the molecule is O=C(COc1ccc(C(=O)c2cc3ccccc3s2)c(Cl)c1Cl)Nc1ccc2cnccc2c1. The molecule has 0 fully saturated rings. The standard InChI is InChI=1S/C26H16Cl2N2O3S/c27-24-19(26(32)22-12-16-3-1-2-4-21(16)34-22)7-8-20(25(24)28)33-14-23(31)30-18-6-5-17-13-29-10-9-15(17)11-18/h1-13H,14H2,(H,30,31). The average Bonchev–Trinajstić information content (AvgIpc) is 3.29. The lowest BCUT2D eigenvalue weighted by Gasteiger charge is -2.12. The Bertz CT molecular complexity index is 1530. The second-order valence-electron chi connectivity index (χ2n) is 7.49. The lowest BCUT2D eigenvalue weighted by Crippen LogP contribution is -2.20. The summed E-state index contributed by atoms with van der Waals surface area (Å²) in [5, 5.41) is 5.89. The van der Waals surface area contributed by atoms with Crippen LogP contribution in [0.2, 0.25) is 10.0 Å². The first-order valence-corrected chi connectivity index (χ1v) is 11.8. The van der Waals surface area contributed by atoms with Crippen LogP contribution in [0.3, 0.4) is 0 Å². The summed E-state index contributed by atoms with van der Waals surface area (Å²) in [7, 11) is 0. The molecule has 34 heavy (non-hydrogen) atoms. The Labute approximate surface area is 208 Å². The van der Waals surface area contributed by atoms with Crippen LogP contribution in [0.25, 0.3) is 20.9 Å². The molecular weight excluding hydrogens is 491 g/mol. The van der Waals surface area contributed by atoms with Gasteiger partial charge in [0.25, 0.3) is 5.91 Å². The number of benzene rings is 3. The van der Waals surface area contributed by atoms with Crippen LogP contribution in [0.5, 0.6) is 5.75 Å².